The summed E-state index contributed by atoms with van der Waals surface area (Å²) in [5.41, 5.74) is 1.02. The second-order valence-corrected chi connectivity index (χ2v) is 5.82. The third-order valence-electron chi connectivity index (χ3n) is 2.76. The number of amides is 1. The Morgan fingerprint density at radius 3 is 2.57 bits per heavy atom. The lowest BCUT2D eigenvalue weighted by Gasteiger charge is -2.20. The summed E-state index contributed by atoms with van der Waals surface area (Å²) in [5, 5.41) is 2.67. The molecule has 0 aliphatic carbocycles. The van der Waals surface area contributed by atoms with E-state index in [0.29, 0.717) is 18.0 Å². The van der Waals surface area contributed by atoms with Gasteiger partial charge in [0.25, 0.3) is 0 Å². The molecular weight excluding hydrogens is 272 g/mol. The molecule has 1 atom stereocenters. The molecule has 0 saturated carbocycles. The zero-order valence-electron chi connectivity index (χ0n) is 13.2. The van der Waals surface area contributed by atoms with Crippen molar-refractivity contribution in [1.29, 1.82) is 0 Å². The van der Waals surface area contributed by atoms with Gasteiger partial charge in [0, 0.05) is 17.7 Å². The van der Waals surface area contributed by atoms with Crippen LogP contribution < -0.4 is 16.0 Å². The van der Waals surface area contributed by atoms with Crippen molar-refractivity contribution >= 4 is 11.8 Å². The van der Waals surface area contributed by atoms with Gasteiger partial charge in [0.15, 0.2) is 0 Å². The molecule has 0 aromatic heterocycles. The largest absolute Gasteiger partial charge is 0.496 e. The van der Waals surface area contributed by atoms with Gasteiger partial charge in [0.2, 0.25) is 0 Å². The second-order valence-electron chi connectivity index (χ2n) is 5.82. The lowest BCUT2D eigenvalue weighted by atomic mass is 10.0. The molecule has 1 aromatic carbocycles. The molecule has 0 saturated heterocycles. The number of carbonyl (C=O) groups is 1. The van der Waals surface area contributed by atoms with Crippen LogP contribution in [0, 0.1) is 0 Å². The number of hydrogen-bond donors (Lipinski definition) is 2. The lowest BCUT2D eigenvalue weighted by Crippen LogP contribution is -2.27. The van der Waals surface area contributed by atoms with Gasteiger partial charge in [0.1, 0.15) is 11.4 Å². The maximum absolute atomic E-state index is 11.7. The highest BCUT2D eigenvalue weighted by Gasteiger charge is 2.17. The first-order chi connectivity index (χ1) is 9.76. The van der Waals surface area contributed by atoms with Crippen LogP contribution >= 0.6 is 0 Å². The van der Waals surface area contributed by atoms with Crippen molar-refractivity contribution in [3.8, 4) is 5.75 Å². The predicted octanol–water partition coefficient (Wildman–Crippen LogP) is 3.04. The number of methoxy groups -OCH3 is 1. The smallest absolute Gasteiger partial charge is 0.412 e. The predicted molar refractivity (Wildman–Crippen MR) is 81.4 cm³/mol. The topological polar surface area (TPSA) is 82.8 Å². The van der Waals surface area contributed by atoms with Crippen LogP contribution in [0.25, 0.3) is 0 Å². The van der Waals surface area contributed by atoms with E-state index in [9.17, 15) is 4.79 Å². The van der Waals surface area contributed by atoms with Crippen LogP contribution in [0.5, 0.6) is 5.75 Å². The molecule has 3 N–H and O–H groups in total. The van der Waals surface area contributed by atoms with Crippen molar-refractivity contribution in [1.82, 2.24) is 0 Å². The second kappa shape index (κ2) is 7.28. The van der Waals surface area contributed by atoms with Gasteiger partial charge in [-0.25, -0.2) is 10.7 Å². The Morgan fingerprint density at radius 2 is 2.05 bits per heavy atom. The Bertz CT molecular complexity index is 483. The molecule has 0 aliphatic heterocycles. The molecule has 1 amide bonds. The van der Waals surface area contributed by atoms with Gasteiger partial charge in [-0.3, -0.25) is 5.32 Å². The molecule has 21 heavy (non-hydrogen) atoms. The molecule has 0 bridgehead atoms. The van der Waals surface area contributed by atoms with Gasteiger partial charge < -0.3 is 14.3 Å². The van der Waals surface area contributed by atoms with E-state index in [1.165, 1.54) is 0 Å². The fourth-order valence-corrected chi connectivity index (χ4v) is 1.85. The number of ether oxygens (including phenoxy) is 2. The molecule has 6 nitrogen and oxygen atoms in total. The number of nitrogens with two attached hydrogens (primary N) is 1. The normalized spacial score (nSPS) is 12.7. The Kier molecular flexibility index (Phi) is 5.99. The summed E-state index contributed by atoms with van der Waals surface area (Å²) in [4.78, 5) is 16.4. The van der Waals surface area contributed by atoms with Crippen LogP contribution in [0.2, 0.25) is 0 Å². The van der Waals surface area contributed by atoms with E-state index in [2.05, 4.69) is 10.2 Å². The van der Waals surface area contributed by atoms with E-state index in [1.807, 2.05) is 33.8 Å². The summed E-state index contributed by atoms with van der Waals surface area (Å²) in [5.74, 6) is 5.84. The first-order valence-electron chi connectivity index (χ1n) is 6.76. The monoisotopic (exact) mass is 296 g/mol. The van der Waals surface area contributed by atoms with Crippen molar-refractivity contribution in [3.05, 3.63) is 23.8 Å². The van der Waals surface area contributed by atoms with E-state index < -0.39 is 11.7 Å². The molecular formula is C15H24N2O4. The molecule has 118 valence electrons. The van der Waals surface area contributed by atoms with Crippen LogP contribution in [-0.2, 0) is 9.57 Å². The third kappa shape index (κ3) is 5.61. The van der Waals surface area contributed by atoms with Gasteiger partial charge in [-0.1, -0.05) is 13.0 Å². The van der Waals surface area contributed by atoms with Crippen LogP contribution in [0.4, 0.5) is 10.5 Å². The molecule has 0 heterocycles. The highest BCUT2D eigenvalue weighted by atomic mass is 16.6. The van der Waals surface area contributed by atoms with Crippen molar-refractivity contribution in [2.24, 2.45) is 5.90 Å². The quantitative estimate of drug-likeness (QED) is 0.816. The van der Waals surface area contributed by atoms with Gasteiger partial charge in [0.05, 0.1) is 13.7 Å². The van der Waals surface area contributed by atoms with E-state index in [-0.39, 0.29) is 5.92 Å². The van der Waals surface area contributed by atoms with E-state index in [4.69, 9.17) is 15.4 Å². The molecule has 0 fully saturated rings. The van der Waals surface area contributed by atoms with Crippen molar-refractivity contribution in [3.63, 3.8) is 0 Å². The third-order valence-corrected chi connectivity index (χ3v) is 2.76. The summed E-state index contributed by atoms with van der Waals surface area (Å²) in [6, 6.07) is 5.40. The number of carbonyl (C=O) groups excluding carboxylic acids is 1. The Balaban J connectivity index is 2.85. The summed E-state index contributed by atoms with van der Waals surface area (Å²) < 4.78 is 10.6. The molecule has 0 aliphatic rings. The lowest BCUT2D eigenvalue weighted by molar-refractivity contribution is 0.0636. The van der Waals surface area contributed by atoms with Crippen molar-refractivity contribution in [2.75, 3.05) is 19.0 Å². The minimum atomic E-state index is -0.541. The van der Waals surface area contributed by atoms with E-state index >= 15 is 0 Å². The summed E-state index contributed by atoms with van der Waals surface area (Å²) in [6.45, 7) is 7.79. The van der Waals surface area contributed by atoms with E-state index in [1.54, 1.807) is 19.2 Å². The van der Waals surface area contributed by atoms with Crippen LogP contribution in [0.1, 0.15) is 39.2 Å². The molecule has 1 rings (SSSR count). The van der Waals surface area contributed by atoms with Crippen LogP contribution in [0.3, 0.4) is 0 Å². The zero-order chi connectivity index (χ0) is 16.0. The van der Waals surface area contributed by atoms with E-state index in [0.717, 1.165) is 5.56 Å². The van der Waals surface area contributed by atoms with Gasteiger partial charge in [-0.15, -0.1) is 0 Å². The molecule has 0 radical (unpaired) electrons. The van der Waals surface area contributed by atoms with Crippen LogP contribution in [0.15, 0.2) is 18.2 Å². The summed E-state index contributed by atoms with van der Waals surface area (Å²) >= 11 is 0. The zero-order valence-corrected chi connectivity index (χ0v) is 13.2. The minimum absolute atomic E-state index is 0.0838. The minimum Gasteiger partial charge on any atom is -0.496 e. The fourth-order valence-electron chi connectivity index (χ4n) is 1.85. The van der Waals surface area contributed by atoms with Crippen molar-refractivity contribution in [2.45, 2.75) is 39.2 Å². The molecule has 0 spiro atoms. The molecule has 6 heteroatoms. The van der Waals surface area contributed by atoms with Crippen molar-refractivity contribution < 1.29 is 19.1 Å². The highest BCUT2D eigenvalue weighted by Crippen LogP contribution is 2.29. The van der Waals surface area contributed by atoms with Crippen LogP contribution in [-0.4, -0.2) is 25.4 Å². The maximum atomic E-state index is 11.7. The Labute approximate surface area is 125 Å². The number of hydrogen-bond acceptors (Lipinski definition) is 5. The maximum Gasteiger partial charge on any atom is 0.412 e. The fraction of sp³-hybridized carbons (Fsp3) is 0.533. The van der Waals surface area contributed by atoms with Gasteiger partial charge in [-0.05, 0) is 32.4 Å². The Hall–Kier alpha value is -1.79. The standard InChI is InChI=1S/C15H24N2O4/c1-10(9-20-16)12-7-6-11(8-13(12)19-5)17-14(18)21-15(2,3)4/h6-8,10H,9,16H2,1-5H3,(H,17,18). The number of rotatable bonds is 5. The molecule has 1 aromatic rings. The first-order valence-corrected chi connectivity index (χ1v) is 6.76. The summed E-state index contributed by atoms with van der Waals surface area (Å²) in [7, 11) is 1.58. The number of nitrogens with one attached hydrogen (secondary N) is 1. The number of anilines is 1. The first kappa shape index (κ1) is 17.3. The SMILES string of the molecule is COc1cc(NC(=O)OC(C)(C)C)ccc1C(C)CON. The molecule has 1 unspecified atom stereocenters. The van der Waals surface area contributed by atoms with Gasteiger partial charge in [-0.2, -0.15) is 0 Å². The highest BCUT2D eigenvalue weighted by molar-refractivity contribution is 5.85. The average molecular weight is 296 g/mol. The summed E-state index contributed by atoms with van der Waals surface area (Å²) in [6.07, 6.45) is -0.504. The Morgan fingerprint density at radius 1 is 1.38 bits per heavy atom. The average Bonchev–Trinajstić information content (AvgIpc) is 2.36. The van der Waals surface area contributed by atoms with Gasteiger partial charge >= 0.3 is 6.09 Å². The number of benzene rings is 1.